The molecule has 29 heavy (non-hydrogen) atoms. The van der Waals surface area contributed by atoms with Gasteiger partial charge in [0.25, 0.3) is 0 Å². The lowest BCUT2D eigenvalue weighted by Crippen LogP contribution is -2.41. The Bertz CT molecular complexity index is 487. The first-order valence-electron chi connectivity index (χ1n) is 10.6. The van der Waals surface area contributed by atoms with Crippen molar-refractivity contribution in [2.45, 2.75) is 97.6 Å². The standard InChI is InChI=1S/C21H38N2O6/c1-14(2)12-16(20(26)27)22-18(24)10-8-6-5-7-9-11-19(25)23-17(21(28)29)13-15(3)4/h14-17H,5-13H2,1-4H3,(H,22,24)(H,23,25)(H,26,27)(H,28,29)/t16-,17-/m0/s1. The summed E-state index contributed by atoms with van der Waals surface area (Å²) in [6, 6.07) is -1.68. The van der Waals surface area contributed by atoms with E-state index in [0.29, 0.717) is 25.7 Å². The van der Waals surface area contributed by atoms with Gasteiger partial charge >= 0.3 is 11.9 Å². The van der Waals surface area contributed by atoms with Gasteiger partial charge in [-0.25, -0.2) is 9.59 Å². The molecule has 0 spiro atoms. The second kappa shape index (κ2) is 14.8. The molecule has 0 aliphatic carbocycles. The summed E-state index contributed by atoms with van der Waals surface area (Å²) in [4.78, 5) is 46.1. The van der Waals surface area contributed by atoms with Crippen LogP contribution in [-0.2, 0) is 19.2 Å². The fraction of sp³-hybridized carbons (Fsp3) is 0.810. The first kappa shape index (κ1) is 26.9. The summed E-state index contributed by atoms with van der Waals surface area (Å²) in [7, 11) is 0. The molecule has 2 atom stereocenters. The highest BCUT2D eigenvalue weighted by Crippen LogP contribution is 2.10. The lowest BCUT2D eigenvalue weighted by atomic mass is 10.0. The van der Waals surface area contributed by atoms with Crippen molar-refractivity contribution in [1.82, 2.24) is 10.6 Å². The van der Waals surface area contributed by atoms with E-state index >= 15 is 0 Å². The summed E-state index contributed by atoms with van der Waals surface area (Å²) in [6.07, 6.45) is 5.23. The molecule has 0 bridgehead atoms. The summed E-state index contributed by atoms with van der Waals surface area (Å²) in [5, 5.41) is 23.4. The molecular weight excluding hydrogens is 376 g/mol. The molecule has 2 amide bonds. The molecule has 0 aromatic rings. The van der Waals surface area contributed by atoms with Crippen LogP contribution in [0.15, 0.2) is 0 Å². The summed E-state index contributed by atoms with van der Waals surface area (Å²) >= 11 is 0. The average Bonchev–Trinajstić information content (AvgIpc) is 2.58. The maximum Gasteiger partial charge on any atom is 0.326 e. The Balaban J connectivity index is 3.91. The van der Waals surface area contributed by atoms with Crippen molar-refractivity contribution in [3.63, 3.8) is 0 Å². The van der Waals surface area contributed by atoms with Crippen molar-refractivity contribution in [3.05, 3.63) is 0 Å². The first-order valence-corrected chi connectivity index (χ1v) is 10.6. The number of rotatable bonds is 16. The lowest BCUT2D eigenvalue weighted by Gasteiger charge is -2.16. The van der Waals surface area contributed by atoms with E-state index in [9.17, 15) is 19.2 Å². The average molecular weight is 415 g/mol. The molecule has 0 radical (unpaired) electrons. The van der Waals surface area contributed by atoms with Crippen LogP contribution in [0.4, 0.5) is 0 Å². The van der Waals surface area contributed by atoms with Crippen LogP contribution in [0.5, 0.6) is 0 Å². The molecule has 168 valence electrons. The predicted octanol–water partition coefficient (Wildman–Crippen LogP) is 2.95. The summed E-state index contributed by atoms with van der Waals surface area (Å²) < 4.78 is 0. The Hall–Kier alpha value is -2.12. The fourth-order valence-corrected chi connectivity index (χ4v) is 3.02. The van der Waals surface area contributed by atoms with Gasteiger partial charge in [0.1, 0.15) is 12.1 Å². The number of hydrogen-bond acceptors (Lipinski definition) is 4. The predicted molar refractivity (Wildman–Crippen MR) is 110 cm³/mol. The van der Waals surface area contributed by atoms with Crippen molar-refractivity contribution in [2.75, 3.05) is 0 Å². The van der Waals surface area contributed by atoms with E-state index in [1.165, 1.54) is 0 Å². The molecule has 4 N–H and O–H groups in total. The normalized spacial score (nSPS) is 13.2. The van der Waals surface area contributed by atoms with E-state index in [2.05, 4.69) is 10.6 Å². The van der Waals surface area contributed by atoms with Crippen LogP contribution >= 0.6 is 0 Å². The molecule has 8 nitrogen and oxygen atoms in total. The van der Waals surface area contributed by atoms with E-state index < -0.39 is 24.0 Å². The number of carbonyl (C=O) groups excluding carboxylic acids is 2. The second-order valence-corrected chi connectivity index (χ2v) is 8.44. The van der Waals surface area contributed by atoms with Gasteiger partial charge in [-0.15, -0.1) is 0 Å². The molecule has 8 heteroatoms. The second-order valence-electron chi connectivity index (χ2n) is 8.44. The van der Waals surface area contributed by atoms with E-state index in [1.807, 2.05) is 27.7 Å². The minimum Gasteiger partial charge on any atom is -0.480 e. The maximum atomic E-state index is 11.9. The van der Waals surface area contributed by atoms with Gasteiger partial charge in [0.2, 0.25) is 11.8 Å². The number of carboxylic acids is 2. The largest absolute Gasteiger partial charge is 0.480 e. The highest BCUT2D eigenvalue weighted by Gasteiger charge is 2.21. The van der Waals surface area contributed by atoms with Crippen molar-refractivity contribution in [3.8, 4) is 0 Å². The number of amides is 2. The third-order valence-electron chi connectivity index (χ3n) is 4.49. The molecule has 0 aliphatic rings. The SMILES string of the molecule is CC(C)C[C@H](NC(=O)CCCCCCCC(=O)N[C@@H](CC(C)C)C(=O)O)C(=O)O. The molecule has 0 unspecified atom stereocenters. The van der Waals surface area contributed by atoms with E-state index in [0.717, 1.165) is 19.3 Å². The summed E-state index contributed by atoms with van der Waals surface area (Å²) in [5.74, 6) is -2.15. The van der Waals surface area contributed by atoms with Gasteiger partial charge in [0.15, 0.2) is 0 Å². The summed E-state index contributed by atoms with van der Waals surface area (Å²) in [5.41, 5.74) is 0. The van der Waals surface area contributed by atoms with Crippen LogP contribution in [0.2, 0.25) is 0 Å². The zero-order chi connectivity index (χ0) is 22.4. The van der Waals surface area contributed by atoms with Crippen LogP contribution in [0, 0.1) is 11.8 Å². The molecule has 0 aromatic carbocycles. The fourth-order valence-electron chi connectivity index (χ4n) is 3.02. The quantitative estimate of drug-likeness (QED) is 0.287. The van der Waals surface area contributed by atoms with E-state index in [4.69, 9.17) is 10.2 Å². The van der Waals surface area contributed by atoms with E-state index in [-0.39, 0.29) is 36.5 Å². The third kappa shape index (κ3) is 14.5. The van der Waals surface area contributed by atoms with Gasteiger partial charge in [-0.1, -0.05) is 47.0 Å². The molecule has 0 aliphatic heterocycles. The van der Waals surface area contributed by atoms with Crippen molar-refractivity contribution < 1.29 is 29.4 Å². The number of carbonyl (C=O) groups is 4. The molecule has 0 heterocycles. The lowest BCUT2D eigenvalue weighted by molar-refractivity contribution is -0.142. The Labute approximate surface area is 173 Å². The van der Waals surface area contributed by atoms with E-state index in [1.54, 1.807) is 0 Å². The summed E-state index contributed by atoms with van der Waals surface area (Å²) in [6.45, 7) is 7.64. The van der Waals surface area contributed by atoms with Gasteiger partial charge in [-0.2, -0.15) is 0 Å². The third-order valence-corrected chi connectivity index (χ3v) is 4.49. The Morgan fingerprint density at radius 2 is 0.931 bits per heavy atom. The zero-order valence-corrected chi connectivity index (χ0v) is 18.2. The Morgan fingerprint density at radius 1 is 0.621 bits per heavy atom. The molecule has 0 fully saturated rings. The van der Waals surface area contributed by atoms with Gasteiger partial charge in [-0.3, -0.25) is 9.59 Å². The number of aliphatic carboxylic acids is 2. The number of nitrogens with one attached hydrogen (secondary N) is 2. The van der Waals surface area contributed by atoms with Gasteiger partial charge in [-0.05, 0) is 37.5 Å². The highest BCUT2D eigenvalue weighted by atomic mass is 16.4. The Morgan fingerprint density at radius 3 is 1.21 bits per heavy atom. The monoisotopic (exact) mass is 414 g/mol. The minimum absolute atomic E-state index is 0.185. The van der Waals surface area contributed by atoms with Crippen LogP contribution in [0.25, 0.3) is 0 Å². The van der Waals surface area contributed by atoms with Gasteiger partial charge < -0.3 is 20.8 Å². The van der Waals surface area contributed by atoms with Crippen LogP contribution < -0.4 is 10.6 Å². The van der Waals surface area contributed by atoms with Crippen LogP contribution in [0.3, 0.4) is 0 Å². The maximum absolute atomic E-state index is 11.9. The Kier molecular flexibility index (Phi) is 13.7. The van der Waals surface area contributed by atoms with Crippen molar-refractivity contribution in [1.29, 1.82) is 0 Å². The molecule has 0 aromatic heterocycles. The highest BCUT2D eigenvalue weighted by molar-refractivity contribution is 5.84. The molecule has 0 rings (SSSR count). The number of carboxylic acid groups (broad SMARTS) is 2. The van der Waals surface area contributed by atoms with Crippen molar-refractivity contribution in [2.24, 2.45) is 11.8 Å². The topological polar surface area (TPSA) is 133 Å². The van der Waals surface area contributed by atoms with Gasteiger partial charge in [0, 0.05) is 12.8 Å². The molecular formula is C21H38N2O6. The zero-order valence-electron chi connectivity index (χ0n) is 18.2. The first-order chi connectivity index (χ1) is 13.5. The van der Waals surface area contributed by atoms with Gasteiger partial charge in [0.05, 0.1) is 0 Å². The molecule has 0 saturated carbocycles. The minimum atomic E-state index is -1.01. The molecule has 0 saturated heterocycles. The number of unbranched alkanes of at least 4 members (excludes halogenated alkanes) is 4. The van der Waals surface area contributed by atoms with Crippen LogP contribution in [0.1, 0.15) is 85.5 Å². The van der Waals surface area contributed by atoms with Crippen LogP contribution in [-0.4, -0.2) is 46.0 Å². The smallest absolute Gasteiger partial charge is 0.326 e. The van der Waals surface area contributed by atoms with Crippen molar-refractivity contribution >= 4 is 23.8 Å². The number of hydrogen-bond donors (Lipinski definition) is 4.